The fraction of sp³-hybridized carbons (Fsp3) is 0.607. The molecular weight excluding hydrogens is 504 g/mol. The molecular formula is C28H39F2N7O2. The second-order valence-electron chi connectivity index (χ2n) is 10.8. The number of halogens is 2. The first kappa shape index (κ1) is 28.8. The SMILES string of the molecule is C=C/C(CC)=C(\N=C/C(C)NCC1=NCC=CC(N2C[C@@H]3CC[C@H](C2)N(C(=O)C2CC2(F)CF)C3)=N1)C(N)=O. The Kier molecular flexibility index (Phi) is 9.09. The van der Waals surface area contributed by atoms with Crippen molar-refractivity contribution in [3.05, 3.63) is 36.1 Å². The monoisotopic (exact) mass is 543 g/mol. The fourth-order valence-electron chi connectivity index (χ4n) is 5.47. The first-order valence-corrected chi connectivity index (χ1v) is 13.7. The molecule has 3 saturated heterocycles. The van der Waals surface area contributed by atoms with E-state index in [2.05, 4.69) is 26.8 Å². The van der Waals surface area contributed by atoms with E-state index in [1.54, 1.807) is 17.2 Å². The molecule has 3 N–H and O–H groups in total. The lowest BCUT2D eigenvalue weighted by Gasteiger charge is -2.36. The number of allylic oxidation sites excluding steroid dienone is 2. The third-order valence-corrected chi connectivity index (χ3v) is 7.91. The summed E-state index contributed by atoms with van der Waals surface area (Å²) in [5, 5.41) is 3.32. The lowest BCUT2D eigenvalue weighted by molar-refractivity contribution is -0.137. The number of carbonyl (C=O) groups excluding carboxylic acids is 2. The summed E-state index contributed by atoms with van der Waals surface area (Å²) in [5.41, 5.74) is 4.40. The lowest BCUT2D eigenvalue weighted by atomic mass is 9.94. The maximum Gasteiger partial charge on any atom is 0.267 e. The number of hydrogen-bond donors (Lipinski definition) is 2. The van der Waals surface area contributed by atoms with E-state index in [1.807, 2.05) is 26.0 Å². The summed E-state index contributed by atoms with van der Waals surface area (Å²) < 4.78 is 27.4. The van der Waals surface area contributed by atoms with Crippen LogP contribution in [-0.2, 0) is 9.59 Å². The average Bonchev–Trinajstić information content (AvgIpc) is 3.72. The van der Waals surface area contributed by atoms with Gasteiger partial charge in [0.05, 0.1) is 19.0 Å². The van der Waals surface area contributed by atoms with Gasteiger partial charge in [-0.1, -0.05) is 25.7 Å². The molecule has 3 unspecified atom stereocenters. The van der Waals surface area contributed by atoms with Crippen LogP contribution < -0.4 is 11.1 Å². The number of rotatable bonds is 10. The van der Waals surface area contributed by atoms with Gasteiger partial charge in [0, 0.05) is 37.9 Å². The zero-order valence-corrected chi connectivity index (χ0v) is 22.8. The Morgan fingerprint density at radius 1 is 1.36 bits per heavy atom. The zero-order valence-electron chi connectivity index (χ0n) is 22.8. The topological polar surface area (TPSA) is 116 Å². The Morgan fingerprint density at radius 2 is 2.15 bits per heavy atom. The van der Waals surface area contributed by atoms with Crippen molar-refractivity contribution in [3.63, 3.8) is 0 Å². The van der Waals surface area contributed by atoms with Gasteiger partial charge >= 0.3 is 0 Å². The number of amidine groups is 2. The standard InChI is InChI=1S/C28H39F2N7O2/c1-4-20(5-2)25(26(31)38)34-12-18(3)33-13-23-32-10-6-7-24(35-23)36-14-19-8-9-21(16-36)37(15-19)27(39)22-11-28(22,30)17-29/h4,6-7,12,18-19,21-22,33H,1,5,8-11,13-17H2,2-3H3,(H2,31,38)/b25-20+,34-12-/t18?,19-,21+,22?,28?/m0/s1. The van der Waals surface area contributed by atoms with Crippen LogP contribution in [0.4, 0.5) is 8.78 Å². The van der Waals surface area contributed by atoms with Crippen molar-refractivity contribution in [1.82, 2.24) is 15.1 Å². The molecule has 5 aliphatic rings. The van der Waals surface area contributed by atoms with E-state index in [9.17, 15) is 18.4 Å². The van der Waals surface area contributed by atoms with E-state index in [0.717, 1.165) is 25.2 Å². The van der Waals surface area contributed by atoms with E-state index in [-0.39, 0.29) is 36.0 Å². The van der Waals surface area contributed by atoms with Gasteiger partial charge in [-0.15, -0.1) is 0 Å². The highest BCUT2D eigenvalue weighted by atomic mass is 19.2. The summed E-state index contributed by atoms with van der Waals surface area (Å²) >= 11 is 0. The molecule has 9 nitrogen and oxygen atoms in total. The van der Waals surface area contributed by atoms with Gasteiger partial charge in [0.1, 0.15) is 24.0 Å². The molecule has 2 bridgehead atoms. The average molecular weight is 544 g/mol. The van der Waals surface area contributed by atoms with Crippen LogP contribution in [0.25, 0.3) is 0 Å². The Balaban J connectivity index is 1.39. The molecule has 0 aromatic carbocycles. The zero-order chi connectivity index (χ0) is 28.2. The number of primary amides is 1. The third-order valence-electron chi connectivity index (χ3n) is 7.91. The van der Waals surface area contributed by atoms with Gasteiger partial charge in [0.2, 0.25) is 5.91 Å². The molecule has 212 valence electrons. The Hall–Kier alpha value is -3.21. The summed E-state index contributed by atoms with van der Waals surface area (Å²) in [6.45, 7) is 9.24. The highest BCUT2D eigenvalue weighted by Gasteiger charge is 2.61. The number of nitrogens with zero attached hydrogens (tertiary/aromatic N) is 5. The Labute approximate surface area is 228 Å². The molecule has 39 heavy (non-hydrogen) atoms. The van der Waals surface area contributed by atoms with Crippen molar-refractivity contribution in [2.75, 3.05) is 39.4 Å². The quantitative estimate of drug-likeness (QED) is 0.250. The van der Waals surface area contributed by atoms with Gasteiger partial charge < -0.3 is 20.9 Å². The Bertz CT molecular complexity index is 1130. The number of amides is 2. The van der Waals surface area contributed by atoms with Crippen molar-refractivity contribution in [1.29, 1.82) is 0 Å². The second kappa shape index (κ2) is 12.3. The molecule has 0 aromatic heterocycles. The molecule has 4 heterocycles. The minimum absolute atomic E-state index is 0.0144. The van der Waals surface area contributed by atoms with Crippen LogP contribution in [-0.4, -0.2) is 96.7 Å². The van der Waals surface area contributed by atoms with Crippen LogP contribution in [0.3, 0.4) is 0 Å². The number of nitrogens with two attached hydrogens (primary N) is 1. The number of fused-ring (bicyclic) bond motifs is 4. The number of hydrogen-bond acceptors (Lipinski definition) is 7. The minimum Gasteiger partial charge on any atom is -0.364 e. The highest BCUT2D eigenvalue weighted by molar-refractivity contribution is 6.04. The van der Waals surface area contributed by atoms with Gasteiger partial charge in [-0.25, -0.2) is 13.8 Å². The van der Waals surface area contributed by atoms with E-state index < -0.39 is 24.2 Å². The number of carbonyl (C=O) groups is 2. The Morgan fingerprint density at radius 3 is 2.82 bits per heavy atom. The molecule has 1 aliphatic carbocycles. The van der Waals surface area contributed by atoms with Gasteiger partial charge in [-0.3, -0.25) is 19.6 Å². The fourth-order valence-corrected chi connectivity index (χ4v) is 5.47. The van der Waals surface area contributed by atoms with Crippen LogP contribution in [0.15, 0.2) is 51.1 Å². The predicted octanol–water partition coefficient (Wildman–Crippen LogP) is 2.36. The maximum absolute atomic E-state index is 14.3. The van der Waals surface area contributed by atoms with Gasteiger partial charge in [0.25, 0.3) is 5.91 Å². The molecule has 4 fully saturated rings. The molecule has 5 atom stereocenters. The number of aliphatic imine (C=N–C) groups is 3. The van der Waals surface area contributed by atoms with Crippen molar-refractivity contribution in [2.24, 2.45) is 32.5 Å². The van der Waals surface area contributed by atoms with E-state index >= 15 is 0 Å². The van der Waals surface area contributed by atoms with E-state index in [1.165, 1.54) is 0 Å². The van der Waals surface area contributed by atoms with Crippen molar-refractivity contribution in [3.8, 4) is 0 Å². The smallest absolute Gasteiger partial charge is 0.267 e. The normalized spacial score (nSPS) is 29.8. The highest BCUT2D eigenvalue weighted by Crippen LogP contribution is 2.49. The molecule has 0 radical (unpaired) electrons. The summed E-state index contributed by atoms with van der Waals surface area (Å²) in [6.07, 6.45) is 9.56. The van der Waals surface area contributed by atoms with E-state index in [0.29, 0.717) is 44.0 Å². The van der Waals surface area contributed by atoms with Crippen molar-refractivity contribution < 1.29 is 18.4 Å². The second-order valence-corrected chi connectivity index (χ2v) is 10.8. The molecule has 0 aromatic rings. The van der Waals surface area contributed by atoms with Crippen LogP contribution in [0, 0.1) is 11.8 Å². The number of piperidine rings is 1. The summed E-state index contributed by atoms with van der Waals surface area (Å²) in [6, 6.07) is -0.228. The third kappa shape index (κ3) is 6.69. The van der Waals surface area contributed by atoms with Gasteiger partial charge in [0.15, 0.2) is 5.67 Å². The van der Waals surface area contributed by atoms with Crippen LogP contribution in [0.1, 0.15) is 39.5 Å². The number of nitrogens with one attached hydrogen (secondary N) is 1. The van der Waals surface area contributed by atoms with Crippen LogP contribution in [0.5, 0.6) is 0 Å². The van der Waals surface area contributed by atoms with E-state index in [4.69, 9.17) is 10.7 Å². The first-order valence-electron chi connectivity index (χ1n) is 13.7. The van der Waals surface area contributed by atoms with Crippen molar-refractivity contribution in [2.45, 2.75) is 57.3 Å². The lowest BCUT2D eigenvalue weighted by Crippen LogP contribution is -2.49. The largest absolute Gasteiger partial charge is 0.364 e. The van der Waals surface area contributed by atoms with Crippen LogP contribution >= 0.6 is 0 Å². The molecule has 4 aliphatic heterocycles. The molecule has 11 heteroatoms. The summed E-state index contributed by atoms with van der Waals surface area (Å²) in [4.78, 5) is 42.5. The van der Waals surface area contributed by atoms with Crippen molar-refractivity contribution >= 4 is 29.7 Å². The number of alkyl halides is 2. The molecule has 1 saturated carbocycles. The van der Waals surface area contributed by atoms with Crippen LogP contribution in [0.2, 0.25) is 0 Å². The summed E-state index contributed by atoms with van der Waals surface area (Å²) in [5.74, 6) is -0.0294. The summed E-state index contributed by atoms with van der Waals surface area (Å²) in [7, 11) is 0. The maximum atomic E-state index is 14.3. The van der Waals surface area contributed by atoms with Gasteiger partial charge in [-0.2, -0.15) is 0 Å². The molecule has 2 amide bonds. The minimum atomic E-state index is -1.97. The van der Waals surface area contributed by atoms with Gasteiger partial charge in [-0.05, 0) is 50.2 Å². The molecule has 0 spiro atoms. The predicted molar refractivity (Wildman–Crippen MR) is 149 cm³/mol. The first-order chi connectivity index (χ1) is 18.7. The molecule has 5 rings (SSSR count).